The van der Waals surface area contributed by atoms with Crippen molar-refractivity contribution in [1.82, 2.24) is 9.13 Å². The minimum atomic E-state index is -0.730. The number of nitrogens with zero attached hydrogens (tertiary/aromatic N) is 2. The normalized spacial score (nSPS) is 10.5. The molecule has 9 heteroatoms. The van der Waals surface area contributed by atoms with Crippen LogP contribution in [0.2, 0.25) is 0 Å². The summed E-state index contributed by atoms with van der Waals surface area (Å²) < 4.78 is 7.06. The lowest BCUT2D eigenvalue weighted by molar-refractivity contribution is -0.131. The largest absolute Gasteiger partial charge is 0.426 e. The van der Waals surface area contributed by atoms with Crippen LogP contribution in [0.5, 0.6) is 5.75 Å². The van der Waals surface area contributed by atoms with Gasteiger partial charge in [0.15, 0.2) is 0 Å². The molecule has 0 fully saturated rings. The van der Waals surface area contributed by atoms with Gasteiger partial charge in [0, 0.05) is 19.5 Å². The molecule has 0 unspecified atom stereocenters. The molecule has 3 aromatic rings. The third-order valence-corrected chi connectivity index (χ3v) is 4.44. The van der Waals surface area contributed by atoms with Crippen LogP contribution < -0.4 is 27.0 Å². The fourth-order valence-corrected chi connectivity index (χ4v) is 2.92. The highest BCUT2D eigenvalue weighted by Gasteiger charge is 2.19. The molecule has 0 spiro atoms. The van der Waals surface area contributed by atoms with Crippen LogP contribution in [0.15, 0.2) is 58.1 Å². The van der Waals surface area contributed by atoms with Gasteiger partial charge in [-0.2, -0.15) is 0 Å². The number of ether oxygens (including phenoxy) is 1. The fourth-order valence-electron chi connectivity index (χ4n) is 2.92. The Kier molecular flexibility index (Phi) is 5.54. The molecule has 0 aliphatic heterocycles. The fraction of sp³-hybridized carbons (Fsp3) is 0.143. The highest BCUT2D eigenvalue weighted by atomic mass is 16.5. The second-order valence-electron chi connectivity index (χ2n) is 6.61. The maximum absolute atomic E-state index is 12.7. The second-order valence-corrected chi connectivity index (χ2v) is 6.61. The maximum atomic E-state index is 12.7. The van der Waals surface area contributed by atoms with Gasteiger partial charge in [-0.1, -0.05) is 18.2 Å². The molecule has 3 rings (SSSR count). The first kappa shape index (κ1) is 20.6. The number of nitrogens with one attached hydrogen (secondary N) is 1. The van der Waals surface area contributed by atoms with Crippen LogP contribution in [0.25, 0.3) is 5.69 Å². The number of carbonyl (C=O) groups is 2. The van der Waals surface area contributed by atoms with E-state index in [1.54, 1.807) is 37.3 Å². The minimum absolute atomic E-state index is 0.184. The predicted molar refractivity (Wildman–Crippen MR) is 112 cm³/mol. The number of aryl methyl sites for hydroxylation is 1. The Morgan fingerprint density at radius 2 is 1.73 bits per heavy atom. The smallest absolute Gasteiger partial charge is 0.337 e. The zero-order valence-corrected chi connectivity index (χ0v) is 16.6. The summed E-state index contributed by atoms with van der Waals surface area (Å²) >= 11 is 0. The van der Waals surface area contributed by atoms with E-state index in [0.29, 0.717) is 17.0 Å². The van der Waals surface area contributed by atoms with Gasteiger partial charge in [0.25, 0.3) is 11.5 Å². The quantitative estimate of drug-likeness (QED) is 0.499. The molecule has 0 aliphatic carbocycles. The molecule has 1 heterocycles. The van der Waals surface area contributed by atoms with E-state index in [-0.39, 0.29) is 17.1 Å². The van der Waals surface area contributed by atoms with Crippen molar-refractivity contribution in [3.05, 3.63) is 80.5 Å². The lowest BCUT2D eigenvalue weighted by Gasteiger charge is -2.16. The molecule has 0 saturated carbocycles. The van der Waals surface area contributed by atoms with Crippen molar-refractivity contribution in [2.45, 2.75) is 13.8 Å². The molecule has 3 N–H and O–H groups in total. The minimum Gasteiger partial charge on any atom is -0.426 e. The van der Waals surface area contributed by atoms with Crippen molar-refractivity contribution in [3.63, 3.8) is 0 Å². The van der Waals surface area contributed by atoms with Crippen LogP contribution >= 0.6 is 0 Å². The number of para-hydroxylation sites is 1. The van der Waals surface area contributed by atoms with E-state index in [1.807, 2.05) is 0 Å². The Bertz CT molecular complexity index is 1260. The van der Waals surface area contributed by atoms with Crippen LogP contribution in [0.4, 0.5) is 11.5 Å². The van der Waals surface area contributed by atoms with Gasteiger partial charge in [0.05, 0.1) is 5.69 Å². The summed E-state index contributed by atoms with van der Waals surface area (Å²) in [5, 5.41) is 2.50. The summed E-state index contributed by atoms with van der Waals surface area (Å²) in [6.45, 7) is 2.96. The summed E-state index contributed by atoms with van der Waals surface area (Å²) in [5.41, 5.74) is 5.76. The Morgan fingerprint density at radius 3 is 2.33 bits per heavy atom. The van der Waals surface area contributed by atoms with Gasteiger partial charge in [-0.25, -0.2) is 9.36 Å². The molecule has 0 saturated heterocycles. The Labute approximate surface area is 171 Å². The van der Waals surface area contributed by atoms with Gasteiger partial charge in [-0.15, -0.1) is 0 Å². The zero-order valence-electron chi connectivity index (χ0n) is 16.6. The first-order valence-electron chi connectivity index (χ1n) is 8.98. The molecule has 0 radical (unpaired) electrons. The molecule has 1 aromatic heterocycles. The Balaban J connectivity index is 2.03. The molecule has 9 nitrogen and oxygen atoms in total. The van der Waals surface area contributed by atoms with Gasteiger partial charge in [-0.3, -0.25) is 19.0 Å². The highest BCUT2D eigenvalue weighted by molar-refractivity contribution is 6.05. The summed E-state index contributed by atoms with van der Waals surface area (Å²) in [6, 6.07) is 13.0. The lowest BCUT2D eigenvalue weighted by atomic mass is 10.1. The van der Waals surface area contributed by atoms with Crippen LogP contribution in [0, 0.1) is 6.92 Å². The number of amides is 1. The van der Waals surface area contributed by atoms with E-state index in [1.165, 1.54) is 32.2 Å². The summed E-state index contributed by atoms with van der Waals surface area (Å²) in [5.74, 6) is -0.938. The number of nitrogen functional groups attached to an aromatic ring is 1. The van der Waals surface area contributed by atoms with Crippen molar-refractivity contribution < 1.29 is 14.3 Å². The Hall–Kier alpha value is -4.14. The zero-order chi connectivity index (χ0) is 22.0. The van der Waals surface area contributed by atoms with Gasteiger partial charge in [0.2, 0.25) is 0 Å². The van der Waals surface area contributed by atoms with E-state index < -0.39 is 23.1 Å². The number of hydrogen-bond acceptors (Lipinski definition) is 6. The molecular weight excluding hydrogens is 388 g/mol. The monoisotopic (exact) mass is 408 g/mol. The van der Waals surface area contributed by atoms with Crippen molar-refractivity contribution in [2.75, 3.05) is 11.1 Å². The van der Waals surface area contributed by atoms with E-state index in [9.17, 15) is 19.2 Å². The number of anilines is 2. The van der Waals surface area contributed by atoms with Crippen molar-refractivity contribution >= 4 is 23.4 Å². The van der Waals surface area contributed by atoms with Gasteiger partial charge in [-0.05, 0) is 42.8 Å². The molecule has 30 heavy (non-hydrogen) atoms. The van der Waals surface area contributed by atoms with Crippen molar-refractivity contribution in [1.29, 1.82) is 0 Å². The maximum Gasteiger partial charge on any atom is 0.337 e. The molecular formula is C21H20N4O5. The number of hydrogen-bond donors (Lipinski definition) is 2. The van der Waals surface area contributed by atoms with Gasteiger partial charge >= 0.3 is 11.7 Å². The number of carbonyl (C=O) groups excluding carboxylic acids is 2. The predicted octanol–water partition coefficient (Wildman–Crippen LogP) is 1.60. The number of aromatic nitrogens is 2. The first-order chi connectivity index (χ1) is 14.2. The molecule has 154 valence electrons. The average Bonchev–Trinajstić information content (AvgIpc) is 2.71. The number of benzene rings is 2. The van der Waals surface area contributed by atoms with E-state index in [0.717, 1.165) is 9.13 Å². The molecule has 1 amide bonds. The average molecular weight is 408 g/mol. The Morgan fingerprint density at radius 1 is 1.07 bits per heavy atom. The summed E-state index contributed by atoms with van der Waals surface area (Å²) in [4.78, 5) is 49.0. The summed E-state index contributed by atoms with van der Waals surface area (Å²) in [6.07, 6.45) is 0. The van der Waals surface area contributed by atoms with Crippen LogP contribution in [-0.2, 0) is 11.8 Å². The number of nitrogens with two attached hydrogens (primary N) is 1. The first-order valence-corrected chi connectivity index (χ1v) is 8.98. The third-order valence-electron chi connectivity index (χ3n) is 4.44. The van der Waals surface area contributed by atoms with E-state index in [4.69, 9.17) is 10.5 Å². The van der Waals surface area contributed by atoms with E-state index >= 15 is 0 Å². The van der Waals surface area contributed by atoms with Gasteiger partial charge < -0.3 is 15.8 Å². The van der Waals surface area contributed by atoms with Gasteiger partial charge in [0.1, 0.15) is 17.3 Å². The number of rotatable bonds is 4. The lowest BCUT2D eigenvalue weighted by Crippen LogP contribution is -2.40. The third kappa shape index (κ3) is 3.86. The topological polar surface area (TPSA) is 125 Å². The second kappa shape index (κ2) is 8.08. The molecule has 2 aromatic carbocycles. The van der Waals surface area contributed by atoms with E-state index in [2.05, 4.69) is 5.32 Å². The number of esters is 1. The van der Waals surface area contributed by atoms with Crippen molar-refractivity contribution in [2.24, 2.45) is 7.05 Å². The van der Waals surface area contributed by atoms with Crippen LogP contribution in [0.1, 0.15) is 22.8 Å². The molecule has 0 atom stereocenters. The highest BCUT2D eigenvalue weighted by Crippen LogP contribution is 2.21. The molecule has 0 aliphatic rings. The van der Waals surface area contributed by atoms with Crippen LogP contribution in [-0.4, -0.2) is 21.0 Å². The van der Waals surface area contributed by atoms with Crippen molar-refractivity contribution in [3.8, 4) is 11.4 Å². The SMILES string of the molecule is CC(=O)Oc1ccc(C(=O)Nc2c(N)n(-c3ccccc3)c(=O)n(C)c2=O)cc1C. The molecule has 0 bridgehead atoms. The summed E-state index contributed by atoms with van der Waals surface area (Å²) in [7, 11) is 1.30. The standard InChI is InChI=1S/C21H20N4O5/c1-12-11-14(9-10-16(12)30-13(2)26)19(27)23-17-18(22)25(15-7-5-4-6-8-15)21(29)24(3)20(17)28/h4-11H,22H2,1-3H3,(H,23,27). The van der Waals surface area contributed by atoms with Crippen LogP contribution in [0.3, 0.4) is 0 Å².